The fourth-order valence-electron chi connectivity index (χ4n) is 2.52. The number of nitrogens with zero attached hydrogens (tertiary/aromatic N) is 2. The van der Waals surface area contributed by atoms with Gasteiger partial charge in [0.05, 0.1) is 13.3 Å². The maximum Gasteiger partial charge on any atom is 0.427 e. The summed E-state index contributed by atoms with van der Waals surface area (Å²) in [5, 5.41) is 3.84. The fraction of sp³-hybridized carbons (Fsp3) is 0.0476. The SMILES string of the molecule is COC(=O)N/N=C\c1ccc(N(c2ccccc2)c2ccccc2)cc1. The van der Waals surface area contributed by atoms with Gasteiger partial charge in [0.2, 0.25) is 0 Å². The van der Waals surface area contributed by atoms with Gasteiger partial charge in [-0.15, -0.1) is 0 Å². The van der Waals surface area contributed by atoms with Crippen molar-refractivity contribution in [3.8, 4) is 0 Å². The molecule has 3 aromatic carbocycles. The van der Waals surface area contributed by atoms with Crippen LogP contribution < -0.4 is 10.3 Å². The lowest BCUT2D eigenvalue weighted by Crippen LogP contribution is -2.16. The van der Waals surface area contributed by atoms with Crippen molar-refractivity contribution in [3.63, 3.8) is 0 Å². The Balaban J connectivity index is 1.87. The Morgan fingerprint density at radius 3 is 1.85 bits per heavy atom. The molecular weight excluding hydrogens is 326 g/mol. The summed E-state index contributed by atoms with van der Waals surface area (Å²) < 4.78 is 4.47. The molecule has 0 aliphatic carbocycles. The zero-order chi connectivity index (χ0) is 18.2. The van der Waals surface area contributed by atoms with E-state index < -0.39 is 6.09 Å². The van der Waals surface area contributed by atoms with Crippen LogP contribution in [0.15, 0.2) is 90.0 Å². The molecule has 0 fully saturated rings. The molecule has 0 unspecified atom stereocenters. The van der Waals surface area contributed by atoms with Crippen LogP contribution in [0.3, 0.4) is 0 Å². The Bertz CT molecular complexity index is 823. The molecule has 0 bridgehead atoms. The topological polar surface area (TPSA) is 53.9 Å². The van der Waals surface area contributed by atoms with Crippen LogP contribution in [0.5, 0.6) is 0 Å². The molecule has 3 rings (SSSR count). The summed E-state index contributed by atoms with van der Waals surface area (Å²) in [7, 11) is 1.29. The van der Waals surface area contributed by atoms with E-state index in [0.29, 0.717) is 0 Å². The minimum absolute atomic E-state index is 0.600. The van der Waals surface area contributed by atoms with E-state index in [1.165, 1.54) is 7.11 Å². The number of hydrogen-bond acceptors (Lipinski definition) is 4. The van der Waals surface area contributed by atoms with Crippen molar-refractivity contribution in [1.82, 2.24) is 5.43 Å². The van der Waals surface area contributed by atoms with Crippen molar-refractivity contribution in [3.05, 3.63) is 90.5 Å². The van der Waals surface area contributed by atoms with E-state index in [0.717, 1.165) is 22.6 Å². The quantitative estimate of drug-likeness (QED) is 0.531. The number of carbonyl (C=O) groups excluding carboxylic acids is 1. The largest absolute Gasteiger partial charge is 0.452 e. The van der Waals surface area contributed by atoms with Crippen LogP contribution in [-0.2, 0) is 4.74 Å². The van der Waals surface area contributed by atoms with Crippen molar-refractivity contribution in [2.24, 2.45) is 5.10 Å². The molecule has 0 aromatic heterocycles. The second-order valence-corrected chi connectivity index (χ2v) is 5.46. The third kappa shape index (κ3) is 4.27. The summed E-state index contributed by atoms with van der Waals surface area (Å²) in [6.07, 6.45) is 0.966. The molecule has 26 heavy (non-hydrogen) atoms. The van der Waals surface area contributed by atoms with Crippen molar-refractivity contribution < 1.29 is 9.53 Å². The molecule has 0 aliphatic heterocycles. The first-order chi connectivity index (χ1) is 12.8. The average molecular weight is 345 g/mol. The van der Waals surface area contributed by atoms with Crippen LogP contribution in [0.25, 0.3) is 0 Å². The summed E-state index contributed by atoms with van der Waals surface area (Å²) in [6, 6.07) is 28.3. The predicted molar refractivity (Wildman–Crippen MR) is 104 cm³/mol. The molecule has 1 N–H and O–H groups in total. The first-order valence-electron chi connectivity index (χ1n) is 8.15. The van der Waals surface area contributed by atoms with E-state index in [2.05, 4.69) is 44.4 Å². The van der Waals surface area contributed by atoms with Crippen molar-refractivity contribution >= 4 is 29.4 Å². The molecule has 0 atom stereocenters. The van der Waals surface area contributed by atoms with Crippen LogP contribution in [0.2, 0.25) is 0 Å². The number of ether oxygens (including phenoxy) is 1. The van der Waals surface area contributed by atoms with Gasteiger partial charge < -0.3 is 9.64 Å². The third-order valence-electron chi connectivity index (χ3n) is 3.73. The summed E-state index contributed by atoms with van der Waals surface area (Å²) in [6.45, 7) is 0. The van der Waals surface area contributed by atoms with Gasteiger partial charge in [0.1, 0.15) is 0 Å². The number of hydrogen-bond donors (Lipinski definition) is 1. The van der Waals surface area contributed by atoms with Crippen LogP contribution in [0, 0.1) is 0 Å². The van der Waals surface area contributed by atoms with E-state index in [1.54, 1.807) is 6.21 Å². The van der Waals surface area contributed by atoms with E-state index in [-0.39, 0.29) is 0 Å². The molecule has 130 valence electrons. The first kappa shape index (κ1) is 17.2. The lowest BCUT2D eigenvalue weighted by atomic mass is 10.1. The van der Waals surface area contributed by atoms with Gasteiger partial charge >= 0.3 is 6.09 Å². The van der Waals surface area contributed by atoms with Gasteiger partial charge in [-0.1, -0.05) is 48.5 Å². The molecule has 0 aliphatic rings. The Hall–Kier alpha value is -3.60. The Kier molecular flexibility index (Phi) is 5.62. The van der Waals surface area contributed by atoms with E-state index in [1.807, 2.05) is 60.7 Å². The molecule has 0 saturated heterocycles. The summed E-state index contributed by atoms with van der Waals surface area (Å²) in [5.41, 5.74) is 6.32. The Labute approximate surface area is 152 Å². The van der Waals surface area contributed by atoms with Gasteiger partial charge in [-0.25, -0.2) is 10.2 Å². The first-order valence-corrected chi connectivity index (χ1v) is 8.15. The normalized spacial score (nSPS) is 10.5. The molecular formula is C21H19N3O2. The van der Waals surface area contributed by atoms with Gasteiger partial charge in [0.15, 0.2) is 0 Å². The van der Waals surface area contributed by atoms with Gasteiger partial charge in [0.25, 0.3) is 0 Å². The fourth-order valence-corrected chi connectivity index (χ4v) is 2.52. The lowest BCUT2D eigenvalue weighted by Gasteiger charge is -2.25. The zero-order valence-electron chi connectivity index (χ0n) is 14.4. The van der Waals surface area contributed by atoms with Gasteiger partial charge in [-0.05, 0) is 42.0 Å². The standard InChI is InChI=1S/C21H19N3O2/c1-26-21(25)23-22-16-17-12-14-20(15-13-17)24(18-8-4-2-5-9-18)19-10-6-3-7-11-19/h2-16H,1H3,(H,23,25)/b22-16-. The number of anilines is 3. The number of nitrogens with one attached hydrogen (secondary N) is 1. The number of para-hydroxylation sites is 2. The van der Waals surface area contributed by atoms with Crippen LogP contribution in [-0.4, -0.2) is 19.4 Å². The Morgan fingerprint density at radius 1 is 0.846 bits per heavy atom. The highest BCUT2D eigenvalue weighted by molar-refractivity contribution is 5.83. The second-order valence-electron chi connectivity index (χ2n) is 5.46. The van der Waals surface area contributed by atoms with Crippen molar-refractivity contribution in [2.45, 2.75) is 0 Å². The average Bonchev–Trinajstić information content (AvgIpc) is 2.71. The van der Waals surface area contributed by atoms with Gasteiger partial charge in [-0.2, -0.15) is 5.10 Å². The van der Waals surface area contributed by atoms with E-state index >= 15 is 0 Å². The van der Waals surface area contributed by atoms with Crippen LogP contribution >= 0.6 is 0 Å². The maximum absolute atomic E-state index is 11.0. The van der Waals surface area contributed by atoms with Crippen molar-refractivity contribution in [2.75, 3.05) is 12.0 Å². The molecule has 5 heteroatoms. The molecule has 0 radical (unpaired) electrons. The number of amides is 1. The molecule has 3 aromatic rings. The number of benzene rings is 3. The highest BCUT2D eigenvalue weighted by atomic mass is 16.5. The monoisotopic (exact) mass is 345 g/mol. The lowest BCUT2D eigenvalue weighted by molar-refractivity contribution is 0.171. The minimum atomic E-state index is -0.600. The number of hydrazone groups is 1. The zero-order valence-corrected chi connectivity index (χ0v) is 14.4. The highest BCUT2D eigenvalue weighted by Crippen LogP contribution is 2.33. The summed E-state index contributed by atoms with van der Waals surface area (Å²) >= 11 is 0. The predicted octanol–water partition coefficient (Wildman–Crippen LogP) is 4.85. The van der Waals surface area contributed by atoms with E-state index in [9.17, 15) is 4.79 Å². The number of carbonyl (C=O) groups is 1. The third-order valence-corrected chi connectivity index (χ3v) is 3.73. The summed E-state index contributed by atoms with van der Waals surface area (Å²) in [4.78, 5) is 13.2. The molecule has 0 saturated carbocycles. The maximum atomic E-state index is 11.0. The van der Waals surface area contributed by atoms with Crippen molar-refractivity contribution in [1.29, 1.82) is 0 Å². The van der Waals surface area contributed by atoms with Gasteiger partial charge in [0, 0.05) is 17.1 Å². The Morgan fingerprint density at radius 2 is 1.35 bits per heavy atom. The van der Waals surface area contributed by atoms with Crippen LogP contribution in [0.4, 0.5) is 21.9 Å². The van der Waals surface area contributed by atoms with Crippen LogP contribution in [0.1, 0.15) is 5.56 Å². The molecule has 0 spiro atoms. The smallest absolute Gasteiger partial charge is 0.427 e. The molecule has 0 heterocycles. The minimum Gasteiger partial charge on any atom is -0.452 e. The molecule has 5 nitrogen and oxygen atoms in total. The van der Waals surface area contributed by atoms with Gasteiger partial charge in [-0.3, -0.25) is 0 Å². The highest BCUT2D eigenvalue weighted by Gasteiger charge is 2.11. The van der Waals surface area contributed by atoms with E-state index in [4.69, 9.17) is 0 Å². The number of rotatable bonds is 5. The summed E-state index contributed by atoms with van der Waals surface area (Å²) in [5.74, 6) is 0. The number of methoxy groups -OCH3 is 1. The molecule has 1 amide bonds. The second kappa shape index (κ2) is 8.48.